The second kappa shape index (κ2) is 27.4. The van der Waals surface area contributed by atoms with E-state index in [9.17, 15) is 0 Å². The molecule has 0 N–H and O–H groups in total. The van der Waals surface area contributed by atoms with Gasteiger partial charge >= 0.3 is 0 Å². The van der Waals surface area contributed by atoms with E-state index in [1.165, 1.54) is 44.5 Å². The van der Waals surface area contributed by atoms with Crippen LogP contribution >= 0.6 is 34.8 Å². The van der Waals surface area contributed by atoms with E-state index in [1.54, 1.807) is 18.2 Å². The van der Waals surface area contributed by atoms with Crippen molar-refractivity contribution in [2.75, 3.05) is 0 Å². The van der Waals surface area contributed by atoms with E-state index in [2.05, 4.69) is 150 Å². The lowest BCUT2D eigenvalue weighted by Gasteiger charge is -2.12. The van der Waals surface area contributed by atoms with Gasteiger partial charge in [0.1, 0.15) is 46.0 Å². The maximum absolute atomic E-state index is 6.20. The zero-order valence-corrected chi connectivity index (χ0v) is 45.6. The van der Waals surface area contributed by atoms with Crippen LogP contribution in [-0.4, -0.2) is 0 Å². The second-order valence-electron chi connectivity index (χ2n) is 18.9. The van der Waals surface area contributed by atoms with E-state index < -0.39 is 0 Å². The Bertz CT molecular complexity index is 2760. The van der Waals surface area contributed by atoms with Crippen molar-refractivity contribution in [3.8, 4) is 46.0 Å². The lowest BCUT2D eigenvalue weighted by atomic mass is 10.0. The van der Waals surface area contributed by atoms with E-state index in [4.69, 9.17) is 53.8 Å². The van der Waals surface area contributed by atoms with Crippen molar-refractivity contribution in [3.05, 3.63) is 236 Å². The third-order valence-electron chi connectivity index (χ3n) is 11.6. The third kappa shape index (κ3) is 18.5. The number of hydrogen-bond donors (Lipinski definition) is 0. The van der Waals surface area contributed by atoms with Crippen LogP contribution < -0.4 is 18.9 Å². The highest BCUT2D eigenvalue weighted by Crippen LogP contribution is 2.34. The van der Waals surface area contributed by atoms with E-state index in [-0.39, 0.29) is 0 Å². The highest BCUT2D eigenvalue weighted by molar-refractivity contribution is 6.42. The molecule has 0 saturated carbocycles. The number of aryl methyl sites for hydroxylation is 4. The molecule has 0 bridgehead atoms. The van der Waals surface area contributed by atoms with Crippen molar-refractivity contribution < 1.29 is 18.9 Å². The summed E-state index contributed by atoms with van der Waals surface area (Å²) < 4.78 is 23.1. The minimum absolute atomic E-state index is 0.458. The topological polar surface area (TPSA) is 36.9 Å². The van der Waals surface area contributed by atoms with Crippen LogP contribution in [0.2, 0.25) is 15.1 Å². The quantitative estimate of drug-likeness (QED) is 0.122. The molecule has 7 heteroatoms. The van der Waals surface area contributed by atoms with Crippen molar-refractivity contribution in [1.29, 1.82) is 0 Å². The lowest BCUT2D eigenvalue weighted by molar-refractivity contribution is 0.481. The molecular weight excluding hydrogens is 939 g/mol. The molecule has 8 rings (SSSR count). The molecule has 0 saturated heterocycles. The normalized spacial score (nSPS) is 10.7. The summed E-state index contributed by atoms with van der Waals surface area (Å²) in [6, 6.07) is 58.0. The minimum Gasteiger partial charge on any atom is -0.457 e. The van der Waals surface area contributed by atoms with Crippen LogP contribution in [0.15, 0.2) is 176 Å². The molecule has 4 nitrogen and oxygen atoms in total. The highest BCUT2D eigenvalue weighted by atomic mass is 35.5. The fourth-order valence-corrected chi connectivity index (χ4v) is 7.23. The van der Waals surface area contributed by atoms with Gasteiger partial charge in [-0.1, -0.05) is 174 Å². The minimum atomic E-state index is 0.458. The van der Waals surface area contributed by atoms with Gasteiger partial charge in [0, 0.05) is 6.07 Å². The van der Waals surface area contributed by atoms with E-state index in [1.807, 2.05) is 91.0 Å². The van der Waals surface area contributed by atoms with Crippen molar-refractivity contribution in [3.63, 3.8) is 0 Å². The molecule has 0 aliphatic heterocycles. The Balaban J connectivity index is 0.000000176. The number of benzene rings is 8. The second-order valence-corrected chi connectivity index (χ2v) is 20.1. The molecule has 8 aromatic rings. The van der Waals surface area contributed by atoms with Crippen molar-refractivity contribution in [1.82, 2.24) is 0 Å². The fraction of sp³-hybridized carbons (Fsp3) is 0.250. The molecule has 8 aromatic carbocycles. The molecule has 0 aliphatic rings. The van der Waals surface area contributed by atoms with Crippen LogP contribution in [0.4, 0.5) is 0 Å². The maximum Gasteiger partial charge on any atom is 0.146 e. The summed E-state index contributed by atoms with van der Waals surface area (Å²) in [5.74, 6) is 8.65. The van der Waals surface area contributed by atoms with Gasteiger partial charge in [-0.2, -0.15) is 0 Å². The zero-order valence-electron chi connectivity index (χ0n) is 43.3. The summed E-state index contributed by atoms with van der Waals surface area (Å²) in [5.41, 5.74) is 10.1. The average Bonchev–Trinajstić information content (AvgIpc) is 3.34. The first-order valence-corrected chi connectivity index (χ1v) is 25.4. The largest absolute Gasteiger partial charge is 0.457 e. The van der Waals surface area contributed by atoms with E-state index in [0.717, 1.165) is 40.2 Å². The number of hydrogen-bond acceptors (Lipinski definition) is 4. The van der Waals surface area contributed by atoms with Gasteiger partial charge in [0.2, 0.25) is 0 Å². The molecule has 0 aliphatic carbocycles. The smallest absolute Gasteiger partial charge is 0.146 e. The van der Waals surface area contributed by atoms with Crippen LogP contribution in [-0.2, 0) is 0 Å². The Kier molecular flexibility index (Phi) is 21.5. The fourth-order valence-electron chi connectivity index (χ4n) is 6.79. The van der Waals surface area contributed by atoms with Gasteiger partial charge in [0.05, 0.1) is 15.1 Å². The molecule has 0 radical (unpaired) electrons. The summed E-state index contributed by atoms with van der Waals surface area (Å²) in [6.07, 6.45) is 0. The SMILES string of the molecule is CC(C)c1ccc(Oc2ccc(Cl)c(Cl)c2)cc1.Cc1ccc(Oc2cc(C(C)C)ccc2Cl)cc1C.Cc1ccc(Oc2ccc(C(C)C)cc2)cc1.Cc1ccc(Oc2ccc(C(C)C)cc2)cc1. The first-order chi connectivity index (χ1) is 33.8. The van der Waals surface area contributed by atoms with Gasteiger partial charge in [0.15, 0.2) is 0 Å². The van der Waals surface area contributed by atoms with Gasteiger partial charge in [-0.05, 0) is 182 Å². The summed E-state index contributed by atoms with van der Waals surface area (Å²) in [6.45, 7) is 25.7. The highest BCUT2D eigenvalue weighted by Gasteiger charge is 2.09. The van der Waals surface area contributed by atoms with Gasteiger partial charge in [-0.25, -0.2) is 0 Å². The Morgan fingerprint density at radius 2 is 0.577 bits per heavy atom. The molecule has 0 atom stereocenters. The molecule has 0 spiro atoms. The standard InChI is InChI=1S/C17H19ClO.2C16H18O.C15H14Cl2O/c1-11(2)14-6-8-16(18)17(10-14)19-15-7-5-12(3)13(4)9-15;2*1-12(2)14-6-10-16(11-7-14)17-15-8-4-13(3)5-9-15;1-10(2)11-3-5-12(6-4-11)18-13-7-8-14(16)15(17)9-13/h5-11H,1-4H3;2*4-12H,1-3H3;3-10H,1-2H3. The molecule has 0 unspecified atom stereocenters. The van der Waals surface area contributed by atoms with Crippen LogP contribution in [0.5, 0.6) is 46.0 Å². The monoisotopic (exact) mass is 1010 g/mol. The van der Waals surface area contributed by atoms with E-state index >= 15 is 0 Å². The van der Waals surface area contributed by atoms with Gasteiger partial charge < -0.3 is 18.9 Å². The number of rotatable bonds is 12. The molecule has 0 heterocycles. The zero-order chi connectivity index (χ0) is 51.6. The van der Waals surface area contributed by atoms with Crippen LogP contribution in [0.1, 0.15) is 124 Å². The Hall–Kier alpha value is -6.17. The van der Waals surface area contributed by atoms with Crippen LogP contribution in [0.3, 0.4) is 0 Å². The lowest BCUT2D eigenvalue weighted by Crippen LogP contribution is -1.91. The van der Waals surface area contributed by atoms with Crippen LogP contribution in [0, 0.1) is 27.7 Å². The Morgan fingerprint density at radius 1 is 0.268 bits per heavy atom. The van der Waals surface area contributed by atoms with Gasteiger partial charge in [-0.3, -0.25) is 0 Å². The van der Waals surface area contributed by atoms with E-state index in [0.29, 0.717) is 44.5 Å². The third-order valence-corrected chi connectivity index (χ3v) is 12.7. The molecule has 71 heavy (non-hydrogen) atoms. The molecule has 370 valence electrons. The first-order valence-electron chi connectivity index (χ1n) is 24.3. The maximum atomic E-state index is 6.20. The summed E-state index contributed by atoms with van der Waals surface area (Å²) in [5, 5.41) is 1.66. The first kappa shape index (κ1) is 55.8. The van der Waals surface area contributed by atoms with Crippen molar-refractivity contribution >= 4 is 34.8 Å². The van der Waals surface area contributed by atoms with Gasteiger partial charge in [0.25, 0.3) is 0 Å². The summed E-state index contributed by atoms with van der Waals surface area (Å²) >= 11 is 18.0. The molecule has 0 fully saturated rings. The Morgan fingerprint density at radius 3 is 0.944 bits per heavy atom. The molecule has 0 aromatic heterocycles. The number of halogens is 3. The van der Waals surface area contributed by atoms with Crippen molar-refractivity contribution in [2.45, 2.75) is 107 Å². The average molecular weight is 1010 g/mol. The summed E-state index contributed by atoms with van der Waals surface area (Å²) in [7, 11) is 0. The van der Waals surface area contributed by atoms with Gasteiger partial charge in [-0.15, -0.1) is 0 Å². The van der Waals surface area contributed by atoms with Crippen LogP contribution in [0.25, 0.3) is 0 Å². The van der Waals surface area contributed by atoms with Crippen molar-refractivity contribution in [2.24, 2.45) is 0 Å². The molecule has 0 amide bonds. The predicted octanol–water partition coefficient (Wildman–Crippen LogP) is 21.6. The Labute approximate surface area is 439 Å². The molecular formula is C64H69Cl3O4. The predicted molar refractivity (Wildman–Crippen MR) is 302 cm³/mol. The summed E-state index contributed by atoms with van der Waals surface area (Å²) in [4.78, 5) is 0. The number of ether oxygens (including phenoxy) is 4.